The first-order valence-electron chi connectivity index (χ1n) is 8.91. The highest BCUT2D eigenvalue weighted by Crippen LogP contribution is 2.41. The van der Waals surface area contributed by atoms with Gasteiger partial charge in [-0.25, -0.2) is 8.42 Å². The molecule has 0 bridgehead atoms. The summed E-state index contributed by atoms with van der Waals surface area (Å²) in [7, 11) is -3.74. The zero-order valence-corrected chi connectivity index (χ0v) is 16.9. The van der Waals surface area contributed by atoms with Crippen LogP contribution in [-0.2, 0) is 10.0 Å². The van der Waals surface area contributed by atoms with Crippen molar-refractivity contribution in [2.75, 3.05) is 10.8 Å². The van der Waals surface area contributed by atoms with Crippen LogP contribution in [0.3, 0.4) is 0 Å². The van der Waals surface area contributed by atoms with E-state index in [0.29, 0.717) is 17.9 Å². The van der Waals surface area contributed by atoms with Gasteiger partial charge in [0.05, 0.1) is 28.6 Å². The molecule has 5 nitrogen and oxygen atoms in total. The van der Waals surface area contributed by atoms with E-state index in [9.17, 15) is 13.7 Å². The average Bonchev–Trinajstić information content (AvgIpc) is 2.61. The van der Waals surface area contributed by atoms with E-state index in [1.807, 2.05) is 39.8 Å². The monoisotopic (exact) mass is 384 g/mol. The van der Waals surface area contributed by atoms with Gasteiger partial charge in [0.15, 0.2) is 0 Å². The fourth-order valence-corrected chi connectivity index (χ4v) is 4.89. The summed E-state index contributed by atoms with van der Waals surface area (Å²) in [5, 5.41) is 9.36. The van der Waals surface area contributed by atoms with Gasteiger partial charge in [0, 0.05) is 6.42 Å². The van der Waals surface area contributed by atoms with Gasteiger partial charge in [0.25, 0.3) is 10.0 Å². The fraction of sp³-hybridized carbons (Fsp3) is 0.381. The maximum absolute atomic E-state index is 13.4. The first-order valence-corrected chi connectivity index (χ1v) is 10.3. The third-order valence-electron chi connectivity index (χ3n) is 4.76. The van der Waals surface area contributed by atoms with Crippen molar-refractivity contribution in [3.8, 4) is 11.8 Å². The first-order chi connectivity index (χ1) is 12.6. The maximum Gasteiger partial charge on any atom is 0.264 e. The number of benzene rings is 2. The second kappa shape index (κ2) is 6.90. The lowest BCUT2D eigenvalue weighted by Gasteiger charge is -2.38. The number of para-hydroxylation sites is 1. The van der Waals surface area contributed by atoms with Crippen molar-refractivity contribution in [1.82, 2.24) is 0 Å². The molecule has 0 aromatic heterocycles. The Morgan fingerprint density at radius 3 is 2.48 bits per heavy atom. The second-order valence-electron chi connectivity index (χ2n) is 7.71. The molecule has 142 valence electrons. The summed E-state index contributed by atoms with van der Waals surface area (Å²) in [4.78, 5) is 0.252. The number of aryl methyl sites for hydroxylation is 2. The molecule has 2 aromatic rings. The number of hydrogen-bond donors (Lipinski definition) is 0. The minimum atomic E-state index is -3.74. The predicted molar refractivity (Wildman–Crippen MR) is 105 cm³/mol. The van der Waals surface area contributed by atoms with Gasteiger partial charge in [-0.2, -0.15) is 5.26 Å². The number of sulfonamides is 1. The number of hydrogen-bond acceptors (Lipinski definition) is 4. The Hall–Kier alpha value is -2.52. The zero-order chi connectivity index (χ0) is 19.8. The molecule has 1 heterocycles. The van der Waals surface area contributed by atoms with Crippen molar-refractivity contribution in [2.45, 2.75) is 45.1 Å². The number of nitriles is 1. The lowest BCUT2D eigenvalue weighted by atomic mass is 9.88. The van der Waals surface area contributed by atoms with Crippen molar-refractivity contribution in [3.05, 3.63) is 53.6 Å². The quantitative estimate of drug-likeness (QED) is 0.792. The third-order valence-corrected chi connectivity index (χ3v) is 6.54. The fourth-order valence-electron chi connectivity index (χ4n) is 3.32. The van der Waals surface area contributed by atoms with E-state index in [2.05, 4.69) is 6.07 Å². The Balaban J connectivity index is 2.07. The van der Waals surface area contributed by atoms with Gasteiger partial charge in [-0.1, -0.05) is 29.8 Å². The first kappa shape index (κ1) is 19.2. The van der Waals surface area contributed by atoms with Crippen LogP contribution in [0.25, 0.3) is 0 Å². The van der Waals surface area contributed by atoms with E-state index in [1.165, 1.54) is 4.31 Å². The van der Waals surface area contributed by atoms with Gasteiger partial charge in [0.2, 0.25) is 0 Å². The van der Waals surface area contributed by atoms with Crippen molar-refractivity contribution in [2.24, 2.45) is 5.41 Å². The summed E-state index contributed by atoms with van der Waals surface area (Å²) in [5.74, 6) is 0.538. The Bertz CT molecular complexity index is 989. The highest BCUT2D eigenvalue weighted by atomic mass is 32.2. The van der Waals surface area contributed by atoms with Gasteiger partial charge in [-0.3, -0.25) is 4.31 Å². The smallest absolute Gasteiger partial charge is 0.264 e. The molecule has 1 aliphatic heterocycles. The van der Waals surface area contributed by atoms with Gasteiger partial charge in [0.1, 0.15) is 11.9 Å². The van der Waals surface area contributed by atoms with Gasteiger partial charge in [-0.15, -0.1) is 0 Å². The minimum absolute atomic E-state index is 0.180. The molecule has 2 aromatic carbocycles. The predicted octanol–water partition coefficient (Wildman–Crippen LogP) is 4.20. The van der Waals surface area contributed by atoms with Crippen LogP contribution in [0.1, 0.15) is 31.4 Å². The molecule has 0 saturated carbocycles. The molecule has 0 spiro atoms. The summed E-state index contributed by atoms with van der Waals surface area (Å²) in [6.45, 7) is 7.64. The Morgan fingerprint density at radius 1 is 1.19 bits per heavy atom. The van der Waals surface area contributed by atoms with Crippen molar-refractivity contribution >= 4 is 15.7 Å². The van der Waals surface area contributed by atoms with Crippen LogP contribution in [0.2, 0.25) is 0 Å². The number of anilines is 1. The largest absolute Gasteiger partial charge is 0.486 e. The van der Waals surface area contributed by atoms with Crippen LogP contribution in [0.4, 0.5) is 5.69 Å². The SMILES string of the molecule is Cc1ccc(S(=O)(=O)N2CC(CC(C)(C)C#N)Oc3cccc(C)c32)cc1. The summed E-state index contributed by atoms with van der Waals surface area (Å²) < 4.78 is 34.3. The zero-order valence-electron chi connectivity index (χ0n) is 16.1. The van der Waals surface area contributed by atoms with Crippen molar-refractivity contribution < 1.29 is 13.2 Å². The van der Waals surface area contributed by atoms with Crippen LogP contribution >= 0.6 is 0 Å². The molecule has 27 heavy (non-hydrogen) atoms. The molecule has 3 rings (SSSR count). The summed E-state index contributed by atoms with van der Waals surface area (Å²) in [6, 6.07) is 14.6. The van der Waals surface area contributed by atoms with E-state index in [-0.39, 0.29) is 11.4 Å². The summed E-state index contributed by atoms with van der Waals surface area (Å²) in [6.07, 6.45) is 0.0470. The lowest BCUT2D eigenvalue weighted by Crippen LogP contribution is -2.45. The Labute approximate surface area is 161 Å². The van der Waals surface area contributed by atoms with Crippen molar-refractivity contribution in [1.29, 1.82) is 5.26 Å². The standard InChI is InChI=1S/C21H24N2O3S/c1-15-8-10-18(11-9-15)27(24,25)23-13-17(12-21(3,4)14-22)26-19-7-5-6-16(2)20(19)23/h5-11,17H,12-13H2,1-4H3. The van der Waals surface area contributed by atoms with Crippen molar-refractivity contribution in [3.63, 3.8) is 0 Å². The molecule has 1 unspecified atom stereocenters. The van der Waals surface area contributed by atoms with E-state index in [4.69, 9.17) is 4.74 Å². The van der Waals surface area contributed by atoms with E-state index in [1.54, 1.807) is 30.3 Å². The maximum atomic E-state index is 13.4. The van der Waals surface area contributed by atoms with Crippen LogP contribution < -0.4 is 9.04 Å². The number of nitrogens with zero attached hydrogens (tertiary/aromatic N) is 2. The summed E-state index contributed by atoms with van der Waals surface area (Å²) in [5.41, 5.74) is 1.80. The highest BCUT2D eigenvalue weighted by Gasteiger charge is 2.37. The van der Waals surface area contributed by atoms with Crippen LogP contribution in [-0.4, -0.2) is 21.1 Å². The number of ether oxygens (including phenoxy) is 1. The molecular weight excluding hydrogens is 360 g/mol. The average molecular weight is 385 g/mol. The molecule has 0 fully saturated rings. The van der Waals surface area contributed by atoms with E-state index in [0.717, 1.165) is 11.1 Å². The Morgan fingerprint density at radius 2 is 1.85 bits per heavy atom. The molecule has 0 saturated heterocycles. The van der Waals surface area contributed by atoms with Gasteiger partial charge >= 0.3 is 0 Å². The minimum Gasteiger partial charge on any atom is -0.486 e. The van der Waals surface area contributed by atoms with Crippen LogP contribution in [0.15, 0.2) is 47.4 Å². The molecule has 1 atom stereocenters. The van der Waals surface area contributed by atoms with Crippen LogP contribution in [0, 0.1) is 30.6 Å². The van der Waals surface area contributed by atoms with Gasteiger partial charge in [-0.05, 0) is 51.5 Å². The molecule has 0 amide bonds. The third kappa shape index (κ3) is 3.79. The summed E-state index contributed by atoms with van der Waals surface area (Å²) >= 11 is 0. The highest BCUT2D eigenvalue weighted by molar-refractivity contribution is 7.92. The second-order valence-corrected chi connectivity index (χ2v) is 9.57. The Kier molecular flexibility index (Phi) is 4.92. The van der Waals surface area contributed by atoms with Crippen LogP contribution in [0.5, 0.6) is 5.75 Å². The lowest BCUT2D eigenvalue weighted by molar-refractivity contribution is 0.156. The molecular formula is C21H24N2O3S. The van der Waals surface area contributed by atoms with E-state index < -0.39 is 21.5 Å². The van der Waals surface area contributed by atoms with E-state index >= 15 is 0 Å². The number of rotatable bonds is 4. The molecule has 0 radical (unpaired) electrons. The molecule has 0 aliphatic carbocycles. The van der Waals surface area contributed by atoms with Gasteiger partial charge < -0.3 is 4.74 Å². The molecule has 1 aliphatic rings. The topological polar surface area (TPSA) is 70.4 Å². The molecule has 0 N–H and O–H groups in total. The molecule has 6 heteroatoms. The number of fused-ring (bicyclic) bond motifs is 1. The normalized spacial score (nSPS) is 17.0.